The summed E-state index contributed by atoms with van der Waals surface area (Å²) in [6, 6.07) is 11.3. The number of carboxylic acid groups (broad SMARTS) is 4. The van der Waals surface area contributed by atoms with Crippen molar-refractivity contribution in [2.75, 3.05) is 5.75 Å². The van der Waals surface area contributed by atoms with Crippen molar-refractivity contribution in [3.8, 4) is 11.8 Å². The van der Waals surface area contributed by atoms with Gasteiger partial charge in [-0.2, -0.15) is 0 Å². The van der Waals surface area contributed by atoms with E-state index in [0.717, 1.165) is 51.4 Å². The van der Waals surface area contributed by atoms with Crippen molar-refractivity contribution in [3.05, 3.63) is 90.0 Å². The number of quaternary nitrogens is 2. The Morgan fingerprint density at radius 3 is 1.70 bits per heavy atom. The highest BCUT2D eigenvalue weighted by Gasteiger charge is 2.41. The molecule has 2 aromatic rings. The highest BCUT2D eigenvalue weighted by molar-refractivity contribution is 7.99. The third-order valence-corrected chi connectivity index (χ3v) is 15.1. The molecule has 2 aliphatic rings. The van der Waals surface area contributed by atoms with Crippen LogP contribution in [-0.2, 0) is 19.2 Å². The molecule has 20 nitrogen and oxygen atoms in total. The summed E-state index contributed by atoms with van der Waals surface area (Å²) >= 11 is 1.22. The van der Waals surface area contributed by atoms with Crippen LogP contribution in [0.4, 0.5) is 8.78 Å². The Bertz CT molecular complexity index is 2300. The maximum atomic E-state index is 13.6. The molecule has 20 N–H and O–H groups in total. The fourth-order valence-electron chi connectivity index (χ4n) is 9.30. The van der Waals surface area contributed by atoms with E-state index in [4.69, 9.17) is 22.3 Å². The van der Waals surface area contributed by atoms with Crippen LogP contribution in [0, 0.1) is 47.1 Å². The number of halogens is 2. The molecule has 0 spiro atoms. The maximum Gasteiger partial charge on any atom is 0.238 e. The zero-order valence-corrected chi connectivity index (χ0v) is 47.8. The first-order valence-electron chi connectivity index (χ1n) is 28.1. The van der Waals surface area contributed by atoms with E-state index < -0.39 is 78.4 Å². The van der Waals surface area contributed by atoms with Crippen molar-refractivity contribution < 1.29 is 101 Å². The lowest BCUT2D eigenvalue weighted by Gasteiger charge is -2.24. The summed E-state index contributed by atoms with van der Waals surface area (Å²) in [5.74, 6) is 0.701. The molecule has 0 heterocycles. The Kier molecular flexibility index (Phi) is 38.8. The summed E-state index contributed by atoms with van der Waals surface area (Å²) in [5.41, 5.74) is 17.5. The number of carboxylic acids is 4. The van der Waals surface area contributed by atoms with Gasteiger partial charge in [0.1, 0.15) is 29.8 Å². The average molecular weight is 1180 g/mol. The average Bonchev–Trinajstić information content (AvgIpc) is 3.93. The molecule has 0 saturated heterocycles. The molecule has 2 aliphatic carbocycles. The second-order valence-electron chi connectivity index (χ2n) is 20.8. The number of aliphatic hydroxyl groups is 6. The van der Waals surface area contributed by atoms with Crippen molar-refractivity contribution in [1.29, 1.82) is 0 Å². The molecule has 0 unspecified atom stereocenters. The van der Waals surface area contributed by atoms with Crippen LogP contribution in [-0.4, -0.2) is 121 Å². The number of hydrogen-bond donors (Lipinski definition) is 12. The van der Waals surface area contributed by atoms with Gasteiger partial charge in [-0.25, -0.2) is 8.78 Å². The highest BCUT2D eigenvalue weighted by Crippen LogP contribution is 2.39. The lowest BCUT2D eigenvalue weighted by atomic mass is 9.85. The molecule has 0 aliphatic heterocycles. The van der Waals surface area contributed by atoms with Crippen LogP contribution in [0.1, 0.15) is 147 Å². The van der Waals surface area contributed by atoms with E-state index in [1.54, 1.807) is 48.6 Å². The number of aliphatic hydroxyl groups excluding tert-OH is 6. The van der Waals surface area contributed by atoms with Crippen LogP contribution in [0.25, 0.3) is 0 Å². The summed E-state index contributed by atoms with van der Waals surface area (Å²) in [6.45, 7) is 0. The van der Waals surface area contributed by atoms with Crippen molar-refractivity contribution in [2.24, 2.45) is 35.1 Å². The third-order valence-electron chi connectivity index (χ3n) is 14.0. The SMILES string of the molecule is NC(=[NH2+])CCCC[C@H]([NH3+])C(=O)[O-].NC(=[NH2+])CCCC[C@H]([NH3+])C(=O)[O-].O=C([O-])CCC/C=C\C[C@@H]1[C@@H](/C=C/[C@@H](O)CSc2ccccc2F)[C@H](O)C[C@@H]1O.O=C([O-])CCCCCC[C@@H]1[C@@H](CC[C@@H](O)C#Cc2ccccc2F)[C@H](O)C[C@@H]1O. The van der Waals surface area contributed by atoms with E-state index in [9.17, 15) is 79.0 Å². The van der Waals surface area contributed by atoms with Crippen molar-refractivity contribution in [2.45, 2.75) is 195 Å². The minimum Gasteiger partial charge on any atom is -0.550 e. The monoisotopic (exact) mass is 1180 g/mol. The Hall–Kier alpha value is -5.81. The molecule has 2 aromatic carbocycles. The molecule has 82 heavy (non-hydrogen) atoms. The van der Waals surface area contributed by atoms with Crippen molar-refractivity contribution >= 4 is 47.3 Å². The first-order chi connectivity index (χ1) is 38.8. The van der Waals surface area contributed by atoms with Gasteiger partial charge in [0, 0.05) is 60.6 Å². The van der Waals surface area contributed by atoms with E-state index in [1.165, 1.54) is 23.9 Å². The molecule has 0 radical (unpaired) electrons. The lowest BCUT2D eigenvalue weighted by Crippen LogP contribution is -2.68. The van der Waals surface area contributed by atoms with Crippen LogP contribution in [0.15, 0.2) is 77.7 Å². The standard InChI is InChI=1S/C23H31FO5.C22H29FO5S.2C7H15N3O2/c24-20-9-6-5-7-16(20)11-12-17(25)13-14-19-18(21(26)15-22(19)27)8-3-1-2-4-10-23(28)29;23-18-8-5-6-9-21(18)29-14-15(24)11-12-17-16(19(25)13-20(17)26)7-3-1-2-4-10-22(27)28;2*8-5(7(11)12)3-1-2-4-6(9)10/h5-7,9,17-19,21-22,25-27H,1-4,8,10,13-15H2,(H,28,29);1,3,5-6,8-9,11-12,15-17,19-20,24-26H,2,4,7,10,13-14H2,(H,27,28);2*5H,1-4,8H2,(H3,9,10)(H,11,12)/b;3-1-,12-11+;;/t17-,18+,19+,21-,22+;15-,16-,17-,19+,20-;2*5-/m0100/s1. The highest BCUT2D eigenvalue weighted by atomic mass is 32.2. The van der Waals surface area contributed by atoms with Gasteiger partial charge in [0.25, 0.3) is 0 Å². The third kappa shape index (κ3) is 34.0. The molecule has 2 saturated carbocycles. The van der Waals surface area contributed by atoms with E-state index in [1.807, 2.05) is 12.2 Å². The Morgan fingerprint density at radius 1 is 0.646 bits per heavy atom. The van der Waals surface area contributed by atoms with Gasteiger partial charge < -0.3 is 81.7 Å². The van der Waals surface area contributed by atoms with Gasteiger partial charge in [-0.05, 0) is 132 Å². The number of carbonyl (C=O) groups is 4. The molecule has 0 amide bonds. The van der Waals surface area contributed by atoms with Gasteiger partial charge in [-0.3, -0.25) is 22.3 Å². The topological polar surface area (TPSA) is 440 Å². The predicted molar refractivity (Wildman–Crippen MR) is 296 cm³/mol. The molecule has 2 fully saturated rings. The molecule has 23 heteroatoms. The van der Waals surface area contributed by atoms with Crippen LogP contribution >= 0.6 is 11.8 Å². The first-order valence-corrected chi connectivity index (χ1v) is 29.1. The fraction of sp³-hybridized carbons (Fsp3) is 0.593. The van der Waals surface area contributed by atoms with E-state index in [0.29, 0.717) is 87.2 Å². The lowest BCUT2D eigenvalue weighted by molar-refractivity contribution is -0.438. The molecule has 460 valence electrons. The fourth-order valence-corrected chi connectivity index (χ4v) is 10.1. The normalized spacial score (nSPS) is 21.5. The van der Waals surface area contributed by atoms with Gasteiger partial charge in [0.2, 0.25) is 11.7 Å². The number of rotatable bonds is 33. The van der Waals surface area contributed by atoms with Gasteiger partial charge in [0.05, 0.1) is 48.0 Å². The van der Waals surface area contributed by atoms with Gasteiger partial charge >= 0.3 is 0 Å². The Labute approximate surface area is 484 Å². The molecular formula is C59H90F2N6O14S. The number of amidine groups is 2. The number of allylic oxidation sites excluding steroid dienone is 2. The second kappa shape index (κ2) is 42.9. The van der Waals surface area contributed by atoms with E-state index in [2.05, 4.69) is 23.3 Å². The Balaban J connectivity index is 0.000000593. The maximum absolute atomic E-state index is 13.6. The summed E-state index contributed by atoms with van der Waals surface area (Å²) in [6.07, 6.45) is 15.4. The number of carbonyl (C=O) groups excluding carboxylic acids is 4. The molecule has 0 aromatic heterocycles. The zero-order chi connectivity index (χ0) is 61.6. The predicted octanol–water partition coefficient (Wildman–Crippen LogP) is -4.13. The van der Waals surface area contributed by atoms with Crippen LogP contribution < -0.4 is 54.2 Å². The van der Waals surface area contributed by atoms with Gasteiger partial charge in [0.15, 0.2) is 0 Å². The largest absolute Gasteiger partial charge is 0.550 e. The second-order valence-corrected chi connectivity index (χ2v) is 21.9. The van der Waals surface area contributed by atoms with E-state index >= 15 is 0 Å². The van der Waals surface area contributed by atoms with Crippen molar-refractivity contribution in [3.63, 3.8) is 0 Å². The number of unbranched alkanes of at least 4 members (excludes halogenated alkanes) is 6. The molecule has 12 atom stereocenters. The Morgan fingerprint density at radius 2 is 1.15 bits per heavy atom. The zero-order valence-electron chi connectivity index (χ0n) is 47.0. The number of nitrogens with two attached hydrogens (primary N) is 4. The minimum absolute atomic E-state index is 0.0171. The quantitative estimate of drug-likeness (QED) is 0.00807. The van der Waals surface area contributed by atoms with Crippen LogP contribution in [0.5, 0.6) is 0 Å². The smallest absolute Gasteiger partial charge is 0.238 e. The molecular weight excluding hydrogens is 1090 g/mol. The van der Waals surface area contributed by atoms with Crippen molar-refractivity contribution in [1.82, 2.24) is 0 Å². The number of aliphatic carboxylic acids is 4. The first kappa shape index (κ1) is 74.2. The molecule has 0 bridgehead atoms. The number of hydrogen-bond acceptors (Lipinski definition) is 15. The molecule has 4 rings (SSSR count). The minimum atomic E-state index is -1.10. The summed E-state index contributed by atoms with van der Waals surface area (Å²) in [5, 5.41) is 113. The van der Waals surface area contributed by atoms with E-state index in [-0.39, 0.29) is 60.1 Å². The summed E-state index contributed by atoms with van der Waals surface area (Å²) in [7, 11) is 0. The number of benzene rings is 2. The van der Waals surface area contributed by atoms with Gasteiger partial charge in [-0.1, -0.05) is 79.7 Å². The number of thioether (sulfide) groups is 1. The van der Waals surface area contributed by atoms with Gasteiger partial charge in [-0.15, -0.1) is 11.8 Å². The summed E-state index contributed by atoms with van der Waals surface area (Å²) < 4.78 is 27.2. The summed E-state index contributed by atoms with van der Waals surface area (Å²) in [4.78, 5) is 41.7. The van der Waals surface area contributed by atoms with Crippen LogP contribution in [0.3, 0.4) is 0 Å². The van der Waals surface area contributed by atoms with Crippen LogP contribution in [0.2, 0.25) is 0 Å².